The summed E-state index contributed by atoms with van der Waals surface area (Å²) in [6.45, 7) is 12.0. The molecule has 1 aliphatic carbocycles. The molecule has 1 aliphatic rings. The molecule has 1 unspecified atom stereocenters. The first-order valence-electron chi connectivity index (χ1n) is 7.01. The molecule has 0 heterocycles. The molecular formula is C15H29N. The highest BCUT2D eigenvalue weighted by Crippen LogP contribution is 2.32. The fourth-order valence-electron chi connectivity index (χ4n) is 2.80. The maximum atomic E-state index is 4.07. The van der Waals surface area contributed by atoms with Crippen LogP contribution < -0.4 is 5.32 Å². The number of hydrogen-bond donors (Lipinski definition) is 1. The topological polar surface area (TPSA) is 12.0 Å². The van der Waals surface area contributed by atoms with E-state index in [-0.39, 0.29) is 0 Å². The third-order valence-corrected chi connectivity index (χ3v) is 3.85. The minimum Gasteiger partial charge on any atom is -0.313 e. The summed E-state index contributed by atoms with van der Waals surface area (Å²) >= 11 is 0. The lowest BCUT2D eigenvalue weighted by atomic mass is 9.78. The molecule has 0 amide bonds. The van der Waals surface area contributed by atoms with Gasteiger partial charge in [-0.05, 0) is 51.0 Å². The van der Waals surface area contributed by atoms with Gasteiger partial charge in [-0.15, -0.1) is 6.58 Å². The molecule has 0 bridgehead atoms. The lowest BCUT2D eigenvalue weighted by Crippen LogP contribution is -2.38. The Morgan fingerprint density at radius 2 is 1.94 bits per heavy atom. The average Bonchev–Trinajstić information content (AvgIpc) is 2.25. The van der Waals surface area contributed by atoms with Crippen LogP contribution in [0.25, 0.3) is 0 Å². The van der Waals surface area contributed by atoms with Crippen LogP contribution in [0.3, 0.4) is 0 Å². The van der Waals surface area contributed by atoms with E-state index < -0.39 is 0 Å². The van der Waals surface area contributed by atoms with Crippen LogP contribution in [-0.4, -0.2) is 12.6 Å². The van der Waals surface area contributed by atoms with Crippen molar-refractivity contribution in [3.63, 3.8) is 0 Å². The van der Waals surface area contributed by atoms with Gasteiger partial charge in [0, 0.05) is 6.04 Å². The normalized spacial score (nSPS) is 27.7. The largest absolute Gasteiger partial charge is 0.313 e. The molecule has 16 heavy (non-hydrogen) atoms. The van der Waals surface area contributed by atoms with Crippen LogP contribution in [0.4, 0.5) is 0 Å². The van der Waals surface area contributed by atoms with Gasteiger partial charge in [0.2, 0.25) is 0 Å². The van der Waals surface area contributed by atoms with Crippen molar-refractivity contribution in [2.45, 2.75) is 65.3 Å². The Morgan fingerprint density at radius 3 is 2.44 bits per heavy atom. The zero-order chi connectivity index (χ0) is 12.0. The highest BCUT2D eigenvalue weighted by molar-refractivity contribution is 4.95. The molecule has 0 aromatic carbocycles. The molecule has 1 heteroatoms. The average molecular weight is 223 g/mol. The zero-order valence-electron chi connectivity index (χ0n) is 11.4. The maximum absolute atomic E-state index is 4.07. The highest BCUT2D eigenvalue weighted by atomic mass is 14.9. The van der Waals surface area contributed by atoms with Gasteiger partial charge in [0.25, 0.3) is 0 Å². The summed E-state index contributed by atoms with van der Waals surface area (Å²) in [5.41, 5.74) is 1.33. The molecule has 94 valence electrons. The second kappa shape index (κ2) is 7.11. The summed E-state index contributed by atoms with van der Waals surface area (Å²) in [6.07, 6.45) is 8.07. The van der Waals surface area contributed by atoms with E-state index >= 15 is 0 Å². The van der Waals surface area contributed by atoms with E-state index in [9.17, 15) is 0 Å². The second-order valence-corrected chi connectivity index (χ2v) is 5.74. The van der Waals surface area contributed by atoms with Crippen molar-refractivity contribution in [3.05, 3.63) is 12.2 Å². The van der Waals surface area contributed by atoms with Gasteiger partial charge in [0.15, 0.2) is 0 Å². The molecule has 1 N–H and O–H groups in total. The van der Waals surface area contributed by atoms with E-state index in [1.807, 2.05) is 0 Å². The van der Waals surface area contributed by atoms with Crippen LogP contribution in [0.5, 0.6) is 0 Å². The molecule has 0 spiro atoms. The summed E-state index contributed by atoms with van der Waals surface area (Å²) in [6, 6.07) is 0.685. The fraction of sp³-hybridized carbons (Fsp3) is 0.867. The molecule has 1 fully saturated rings. The van der Waals surface area contributed by atoms with Gasteiger partial charge >= 0.3 is 0 Å². The minimum atomic E-state index is 0.685. The van der Waals surface area contributed by atoms with Crippen molar-refractivity contribution in [3.8, 4) is 0 Å². The van der Waals surface area contributed by atoms with E-state index in [0.717, 1.165) is 18.4 Å². The Kier molecular flexibility index (Phi) is 6.12. The van der Waals surface area contributed by atoms with Crippen LogP contribution >= 0.6 is 0 Å². The molecule has 1 atom stereocenters. The lowest BCUT2D eigenvalue weighted by Gasteiger charge is -2.33. The first kappa shape index (κ1) is 13.8. The highest BCUT2D eigenvalue weighted by Gasteiger charge is 2.25. The molecule has 0 aromatic heterocycles. The van der Waals surface area contributed by atoms with Crippen molar-refractivity contribution in [1.82, 2.24) is 5.32 Å². The Labute approximate surface area is 102 Å². The third-order valence-electron chi connectivity index (χ3n) is 3.85. The second-order valence-electron chi connectivity index (χ2n) is 5.74. The minimum absolute atomic E-state index is 0.685. The van der Waals surface area contributed by atoms with Crippen molar-refractivity contribution in [2.75, 3.05) is 6.54 Å². The summed E-state index contributed by atoms with van der Waals surface area (Å²) in [7, 11) is 0. The van der Waals surface area contributed by atoms with Crippen LogP contribution in [0.2, 0.25) is 0 Å². The van der Waals surface area contributed by atoms with E-state index in [1.54, 1.807) is 0 Å². The molecule has 0 aromatic rings. The van der Waals surface area contributed by atoms with Crippen molar-refractivity contribution < 1.29 is 0 Å². The van der Waals surface area contributed by atoms with E-state index in [1.165, 1.54) is 44.1 Å². The zero-order valence-corrected chi connectivity index (χ0v) is 11.4. The number of nitrogens with one attached hydrogen (secondary N) is 1. The predicted molar refractivity (Wildman–Crippen MR) is 72.6 cm³/mol. The van der Waals surface area contributed by atoms with Gasteiger partial charge < -0.3 is 5.32 Å². The monoisotopic (exact) mass is 223 g/mol. The van der Waals surface area contributed by atoms with Gasteiger partial charge in [-0.25, -0.2) is 0 Å². The SMILES string of the molecule is C=C(C)CC(NCCC)C1CCC(C)CC1. The van der Waals surface area contributed by atoms with Gasteiger partial charge in [0.05, 0.1) is 0 Å². The summed E-state index contributed by atoms with van der Waals surface area (Å²) in [4.78, 5) is 0. The summed E-state index contributed by atoms with van der Waals surface area (Å²) in [5, 5.41) is 3.72. The standard InChI is InChI=1S/C15H29N/c1-5-10-16-15(11-12(2)3)14-8-6-13(4)7-9-14/h13-16H,2,5-11H2,1,3-4H3. The first-order chi connectivity index (χ1) is 7.63. The smallest absolute Gasteiger partial charge is 0.0132 e. The molecule has 1 saturated carbocycles. The van der Waals surface area contributed by atoms with Gasteiger partial charge in [0.1, 0.15) is 0 Å². The molecule has 0 radical (unpaired) electrons. The van der Waals surface area contributed by atoms with E-state index in [2.05, 4.69) is 32.7 Å². The molecule has 1 nitrogen and oxygen atoms in total. The van der Waals surface area contributed by atoms with Crippen LogP contribution in [-0.2, 0) is 0 Å². The van der Waals surface area contributed by atoms with E-state index in [0.29, 0.717) is 6.04 Å². The van der Waals surface area contributed by atoms with Crippen LogP contribution in [0.15, 0.2) is 12.2 Å². The van der Waals surface area contributed by atoms with Gasteiger partial charge in [-0.1, -0.05) is 32.3 Å². The quantitative estimate of drug-likeness (QED) is 0.667. The number of rotatable bonds is 6. The summed E-state index contributed by atoms with van der Waals surface area (Å²) in [5.74, 6) is 1.84. The fourth-order valence-corrected chi connectivity index (χ4v) is 2.80. The van der Waals surface area contributed by atoms with Gasteiger partial charge in [-0.3, -0.25) is 0 Å². The van der Waals surface area contributed by atoms with Crippen LogP contribution in [0.1, 0.15) is 59.3 Å². The van der Waals surface area contributed by atoms with Crippen molar-refractivity contribution >= 4 is 0 Å². The molecule has 0 saturated heterocycles. The van der Waals surface area contributed by atoms with Crippen LogP contribution in [0, 0.1) is 11.8 Å². The van der Waals surface area contributed by atoms with E-state index in [4.69, 9.17) is 0 Å². The first-order valence-corrected chi connectivity index (χ1v) is 7.01. The molecular weight excluding hydrogens is 194 g/mol. The Hall–Kier alpha value is -0.300. The van der Waals surface area contributed by atoms with Crippen molar-refractivity contribution in [2.24, 2.45) is 11.8 Å². The third kappa shape index (κ3) is 4.69. The summed E-state index contributed by atoms with van der Waals surface area (Å²) < 4.78 is 0. The van der Waals surface area contributed by atoms with Gasteiger partial charge in [-0.2, -0.15) is 0 Å². The Balaban J connectivity index is 2.43. The molecule has 0 aliphatic heterocycles. The maximum Gasteiger partial charge on any atom is 0.0132 e. The predicted octanol–water partition coefficient (Wildman–Crippen LogP) is 4.15. The Morgan fingerprint density at radius 1 is 1.31 bits per heavy atom. The Bertz CT molecular complexity index is 201. The lowest BCUT2D eigenvalue weighted by molar-refractivity contribution is 0.229. The molecule has 1 rings (SSSR count). The van der Waals surface area contributed by atoms with Crippen molar-refractivity contribution in [1.29, 1.82) is 0 Å². The number of hydrogen-bond acceptors (Lipinski definition) is 1.